The molecule has 4 rings (SSSR count). The highest BCUT2D eigenvalue weighted by molar-refractivity contribution is 7.89. The molecule has 0 bridgehead atoms. The second-order valence-electron chi connectivity index (χ2n) is 7.83. The molecule has 6 nitrogen and oxygen atoms in total. The van der Waals surface area contributed by atoms with Gasteiger partial charge in [0.15, 0.2) is 0 Å². The summed E-state index contributed by atoms with van der Waals surface area (Å²) < 4.78 is 27.7. The quantitative estimate of drug-likeness (QED) is 0.821. The highest BCUT2D eigenvalue weighted by Crippen LogP contribution is 2.29. The highest BCUT2D eigenvalue weighted by atomic mass is 35.5. The Labute approximate surface area is 167 Å². The summed E-state index contributed by atoms with van der Waals surface area (Å²) in [6, 6.07) is 5.12. The van der Waals surface area contributed by atoms with Crippen LogP contribution in [0, 0.1) is 18.8 Å². The van der Waals surface area contributed by atoms with Gasteiger partial charge in [-0.05, 0) is 49.3 Å². The van der Waals surface area contributed by atoms with Crippen molar-refractivity contribution in [1.82, 2.24) is 14.5 Å². The van der Waals surface area contributed by atoms with E-state index in [0.717, 1.165) is 45.4 Å². The number of sulfonamides is 1. The predicted octanol–water partition coefficient (Wildman–Crippen LogP) is 1.88. The summed E-state index contributed by atoms with van der Waals surface area (Å²) in [7, 11) is -3.53. The number of fused-ring (bicyclic) bond motifs is 1. The van der Waals surface area contributed by atoms with Crippen molar-refractivity contribution in [1.29, 1.82) is 0 Å². The van der Waals surface area contributed by atoms with Gasteiger partial charge in [-0.25, -0.2) is 8.42 Å². The minimum atomic E-state index is -3.53. The largest absolute Gasteiger partial charge is 0.338 e. The number of piperidine rings is 1. The van der Waals surface area contributed by atoms with Crippen LogP contribution in [0.4, 0.5) is 0 Å². The number of nitrogens with zero attached hydrogens (tertiary/aromatic N) is 2. The zero-order chi connectivity index (χ0) is 18.3. The number of aryl methyl sites for hydroxylation is 1. The number of likely N-dealkylation sites (tertiary alicyclic amines) is 1. The number of rotatable bonds is 3. The van der Waals surface area contributed by atoms with E-state index in [1.165, 1.54) is 0 Å². The number of benzene rings is 1. The van der Waals surface area contributed by atoms with Crippen LogP contribution in [-0.4, -0.2) is 62.8 Å². The smallest absolute Gasteiger partial charge is 0.253 e. The Balaban J connectivity index is 0.00000210. The van der Waals surface area contributed by atoms with Crippen molar-refractivity contribution in [2.75, 3.05) is 39.3 Å². The van der Waals surface area contributed by atoms with Gasteiger partial charge < -0.3 is 10.2 Å². The van der Waals surface area contributed by atoms with Gasteiger partial charge in [-0.15, -0.1) is 12.4 Å². The fourth-order valence-electron chi connectivity index (χ4n) is 4.46. The number of halogens is 1. The van der Waals surface area contributed by atoms with Crippen molar-refractivity contribution < 1.29 is 13.2 Å². The monoisotopic (exact) mass is 413 g/mol. The summed E-state index contributed by atoms with van der Waals surface area (Å²) >= 11 is 0. The van der Waals surface area contributed by atoms with Crippen LogP contribution < -0.4 is 5.32 Å². The first-order valence-electron chi connectivity index (χ1n) is 9.57. The number of hydrogen-bond acceptors (Lipinski definition) is 4. The van der Waals surface area contributed by atoms with Crippen LogP contribution in [0.25, 0.3) is 0 Å². The molecule has 150 valence electrons. The molecule has 3 aliphatic rings. The molecule has 3 fully saturated rings. The first kappa shape index (κ1) is 20.6. The van der Waals surface area contributed by atoms with E-state index in [9.17, 15) is 13.2 Å². The maximum Gasteiger partial charge on any atom is 0.253 e. The van der Waals surface area contributed by atoms with E-state index < -0.39 is 10.0 Å². The molecule has 0 aliphatic carbocycles. The van der Waals surface area contributed by atoms with Gasteiger partial charge >= 0.3 is 0 Å². The molecule has 0 unspecified atom stereocenters. The van der Waals surface area contributed by atoms with E-state index >= 15 is 0 Å². The van der Waals surface area contributed by atoms with Gasteiger partial charge in [-0.3, -0.25) is 4.79 Å². The Morgan fingerprint density at radius 3 is 2.33 bits per heavy atom. The summed E-state index contributed by atoms with van der Waals surface area (Å²) in [6.07, 6.45) is 2.89. The first-order valence-corrected chi connectivity index (χ1v) is 11.0. The zero-order valence-corrected chi connectivity index (χ0v) is 17.3. The average molecular weight is 414 g/mol. The van der Waals surface area contributed by atoms with Crippen molar-refractivity contribution in [3.05, 3.63) is 29.3 Å². The summed E-state index contributed by atoms with van der Waals surface area (Å²) in [6.45, 7) is 6.41. The number of amides is 1. The van der Waals surface area contributed by atoms with Crippen molar-refractivity contribution >= 4 is 28.3 Å². The topological polar surface area (TPSA) is 69.7 Å². The van der Waals surface area contributed by atoms with E-state index in [4.69, 9.17) is 0 Å². The molecule has 1 aromatic rings. The summed E-state index contributed by atoms with van der Waals surface area (Å²) in [5.41, 5.74) is 1.19. The molecule has 0 saturated carbocycles. The molecule has 3 aliphatic heterocycles. The number of carbonyl (C=O) groups excluding carboxylic acids is 1. The molecule has 0 aromatic heterocycles. The minimum absolute atomic E-state index is 0. The molecular formula is C19H28ClN3O3S. The average Bonchev–Trinajstić information content (AvgIpc) is 3.24. The number of carbonyl (C=O) groups is 1. The van der Waals surface area contributed by atoms with E-state index in [-0.39, 0.29) is 23.2 Å². The molecule has 0 spiro atoms. The second-order valence-corrected chi connectivity index (χ2v) is 9.74. The van der Waals surface area contributed by atoms with Crippen LogP contribution in [-0.2, 0) is 10.0 Å². The summed E-state index contributed by atoms with van der Waals surface area (Å²) in [5, 5.41) is 3.37. The second kappa shape index (κ2) is 8.07. The van der Waals surface area contributed by atoms with Crippen LogP contribution in [0.3, 0.4) is 0 Å². The molecule has 27 heavy (non-hydrogen) atoms. The molecule has 0 radical (unpaired) electrons. The SMILES string of the molecule is Cc1ccc(C(=O)N2C[C@H]3CNC[C@H]3C2)cc1S(=O)(=O)N1CCCCC1.Cl. The molecule has 1 aromatic carbocycles. The number of nitrogens with one attached hydrogen (secondary N) is 1. The van der Waals surface area contributed by atoms with E-state index in [1.807, 2.05) is 4.90 Å². The van der Waals surface area contributed by atoms with Gasteiger partial charge in [0.25, 0.3) is 5.91 Å². The van der Waals surface area contributed by atoms with Crippen LogP contribution in [0.15, 0.2) is 23.1 Å². The van der Waals surface area contributed by atoms with E-state index in [0.29, 0.717) is 36.1 Å². The lowest BCUT2D eigenvalue weighted by atomic mass is 10.0. The third kappa shape index (κ3) is 3.88. The summed E-state index contributed by atoms with van der Waals surface area (Å²) in [5.74, 6) is 1.01. The Morgan fingerprint density at radius 2 is 1.70 bits per heavy atom. The van der Waals surface area contributed by atoms with Crippen molar-refractivity contribution in [3.8, 4) is 0 Å². The summed E-state index contributed by atoms with van der Waals surface area (Å²) in [4.78, 5) is 15.1. The van der Waals surface area contributed by atoms with Crippen molar-refractivity contribution in [3.63, 3.8) is 0 Å². The van der Waals surface area contributed by atoms with Gasteiger partial charge in [0.1, 0.15) is 0 Å². The standard InChI is InChI=1S/C19H27N3O3S.ClH/c1-14-5-6-15(19(23)21-12-16-10-20-11-17(16)13-21)9-18(14)26(24,25)22-7-3-2-4-8-22;/h5-6,9,16-17,20H,2-4,7-8,10-13H2,1H3;1H/t16-,17+;. The van der Waals surface area contributed by atoms with E-state index in [1.54, 1.807) is 29.4 Å². The third-order valence-corrected chi connectivity index (χ3v) is 8.09. The van der Waals surface area contributed by atoms with Crippen LogP contribution in [0.1, 0.15) is 35.2 Å². The van der Waals surface area contributed by atoms with E-state index in [2.05, 4.69) is 5.32 Å². The maximum atomic E-state index is 13.1. The van der Waals surface area contributed by atoms with Crippen LogP contribution in [0.5, 0.6) is 0 Å². The molecular weight excluding hydrogens is 386 g/mol. The van der Waals surface area contributed by atoms with Crippen molar-refractivity contribution in [2.24, 2.45) is 11.8 Å². The van der Waals surface area contributed by atoms with Crippen molar-refractivity contribution in [2.45, 2.75) is 31.1 Å². The molecule has 3 heterocycles. The van der Waals surface area contributed by atoms with Gasteiger partial charge in [0.05, 0.1) is 4.90 Å². The van der Waals surface area contributed by atoms with Gasteiger partial charge in [0.2, 0.25) is 10.0 Å². The molecule has 8 heteroatoms. The molecule has 1 amide bonds. The zero-order valence-electron chi connectivity index (χ0n) is 15.7. The normalized spacial score (nSPS) is 25.9. The Hall–Kier alpha value is -1.15. The van der Waals surface area contributed by atoms with Gasteiger partial charge in [-0.1, -0.05) is 12.5 Å². The lowest BCUT2D eigenvalue weighted by Crippen LogP contribution is -2.36. The van der Waals surface area contributed by atoms with Crippen LogP contribution in [0.2, 0.25) is 0 Å². The van der Waals surface area contributed by atoms with Gasteiger partial charge in [0, 0.05) is 44.8 Å². The van der Waals surface area contributed by atoms with Crippen LogP contribution >= 0.6 is 12.4 Å². The maximum absolute atomic E-state index is 13.1. The first-order chi connectivity index (χ1) is 12.5. The van der Waals surface area contributed by atoms with Gasteiger partial charge in [-0.2, -0.15) is 4.31 Å². The molecule has 2 atom stereocenters. The Morgan fingerprint density at radius 1 is 1.07 bits per heavy atom. The Bertz CT molecular complexity index is 796. The minimum Gasteiger partial charge on any atom is -0.338 e. The Kier molecular flexibility index (Phi) is 6.15. The molecule has 1 N–H and O–H groups in total. The fraction of sp³-hybridized carbons (Fsp3) is 0.632. The highest BCUT2D eigenvalue weighted by Gasteiger charge is 2.38. The fourth-order valence-corrected chi connectivity index (χ4v) is 6.23. The molecule has 3 saturated heterocycles. The third-order valence-electron chi connectivity index (χ3n) is 6.04. The lowest BCUT2D eigenvalue weighted by molar-refractivity contribution is 0.0781. The lowest BCUT2D eigenvalue weighted by Gasteiger charge is -2.27. The number of hydrogen-bond donors (Lipinski definition) is 1. The predicted molar refractivity (Wildman–Crippen MR) is 107 cm³/mol.